The number of hydrogen-bond acceptors (Lipinski definition) is 7. The summed E-state index contributed by atoms with van der Waals surface area (Å²) in [5.74, 6) is -5.89. The second-order valence-corrected chi connectivity index (χ2v) is 12.3. The van der Waals surface area contributed by atoms with Gasteiger partial charge in [-0.1, -0.05) is 66.2 Å². The zero-order chi connectivity index (χ0) is 31.6. The lowest BCUT2D eigenvalue weighted by atomic mass is 9.51. The van der Waals surface area contributed by atoms with E-state index >= 15 is 0 Å². The highest BCUT2D eigenvalue weighted by atomic mass is 16.5. The van der Waals surface area contributed by atoms with Gasteiger partial charge in [0, 0.05) is 17.5 Å². The molecular formula is C35H31N3O7. The molecule has 0 radical (unpaired) electrons. The minimum Gasteiger partial charge on any atom is -0.508 e. The number of ether oxygens (including phenoxy) is 1. The first-order valence-corrected chi connectivity index (χ1v) is 14.9. The molecule has 3 aromatic carbocycles. The van der Waals surface area contributed by atoms with Crippen LogP contribution in [0.1, 0.15) is 36.8 Å². The Morgan fingerprint density at radius 3 is 2.29 bits per heavy atom. The number of imide groups is 4. The van der Waals surface area contributed by atoms with Crippen molar-refractivity contribution in [2.45, 2.75) is 32.3 Å². The average Bonchev–Trinajstić information content (AvgIpc) is 3.41. The summed E-state index contributed by atoms with van der Waals surface area (Å²) in [7, 11) is 0. The van der Waals surface area contributed by atoms with Crippen molar-refractivity contribution in [1.82, 2.24) is 4.90 Å². The Kier molecular flexibility index (Phi) is 6.61. The summed E-state index contributed by atoms with van der Waals surface area (Å²) in [6.07, 6.45) is 2.13. The maximum atomic E-state index is 14.4. The molecule has 6 amide bonds. The number of aromatic hydroxyl groups is 1. The first-order chi connectivity index (χ1) is 21.6. The third-order valence-electron chi connectivity index (χ3n) is 10.1. The summed E-state index contributed by atoms with van der Waals surface area (Å²) in [6.45, 7) is 2.02. The first kappa shape index (κ1) is 28.5. The van der Waals surface area contributed by atoms with Crippen molar-refractivity contribution in [3.05, 3.63) is 102 Å². The Bertz CT molecular complexity index is 1790. The topological polar surface area (TPSA) is 147 Å². The van der Waals surface area contributed by atoms with Crippen LogP contribution in [0.2, 0.25) is 0 Å². The number of primary amides is 1. The van der Waals surface area contributed by atoms with Crippen LogP contribution in [0.3, 0.4) is 0 Å². The van der Waals surface area contributed by atoms with E-state index in [0.29, 0.717) is 27.5 Å². The lowest BCUT2D eigenvalue weighted by Gasteiger charge is -2.49. The van der Waals surface area contributed by atoms with Gasteiger partial charge >= 0.3 is 6.03 Å². The van der Waals surface area contributed by atoms with E-state index < -0.39 is 64.7 Å². The monoisotopic (exact) mass is 605 g/mol. The molecule has 6 atom stereocenters. The second-order valence-electron chi connectivity index (χ2n) is 12.3. The van der Waals surface area contributed by atoms with Crippen molar-refractivity contribution < 1.29 is 33.8 Å². The minimum atomic E-state index is -1.32. The van der Waals surface area contributed by atoms with Crippen LogP contribution in [-0.4, -0.2) is 39.7 Å². The molecule has 0 spiro atoms. The Morgan fingerprint density at radius 2 is 1.62 bits per heavy atom. The lowest BCUT2D eigenvalue weighted by Crippen LogP contribution is -2.49. The third kappa shape index (κ3) is 4.19. The average molecular weight is 606 g/mol. The van der Waals surface area contributed by atoms with E-state index in [2.05, 4.69) is 0 Å². The van der Waals surface area contributed by atoms with E-state index in [0.717, 1.165) is 5.56 Å². The number of urea groups is 1. The molecule has 0 bridgehead atoms. The molecule has 1 saturated carbocycles. The van der Waals surface area contributed by atoms with Crippen molar-refractivity contribution in [1.29, 1.82) is 0 Å². The van der Waals surface area contributed by atoms with Gasteiger partial charge in [-0.2, -0.15) is 4.90 Å². The van der Waals surface area contributed by atoms with E-state index in [9.17, 15) is 29.1 Å². The molecule has 6 unspecified atom stereocenters. The van der Waals surface area contributed by atoms with Gasteiger partial charge in [0.15, 0.2) is 0 Å². The van der Waals surface area contributed by atoms with E-state index in [1.165, 1.54) is 11.0 Å². The van der Waals surface area contributed by atoms with E-state index in [-0.39, 0.29) is 25.2 Å². The number of phenols is 1. The molecule has 2 aliphatic heterocycles. The molecule has 4 aliphatic rings. The number of rotatable bonds is 5. The predicted molar refractivity (Wildman–Crippen MR) is 161 cm³/mol. The van der Waals surface area contributed by atoms with Gasteiger partial charge in [0.25, 0.3) is 0 Å². The largest absolute Gasteiger partial charge is 0.508 e. The quantitative estimate of drug-likeness (QED) is 0.326. The Hall–Kier alpha value is -5.25. The van der Waals surface area contributed by atoms with Gasteiger partial charge in [0.05, 0.1) is 28.9 Å². The molecule has 3 aromatic rings. The molecule has 228 valence electrons. The van der Waals surface area contributed by atoms with Gasteiger partial charge < -0.3 is 15.6 Å². The van der Waals surface area contributed by atoms with Gasteiger partial charge in [-0.15, -0.1) is 0 Å². The number of allylic oxidation sites excluding steroid dienone is 2. The van der Waals surface area contributed by atoms with Crippen LogP contribution in [-0.2, 0) is 25.8 Å². The number of carbonyl (C=O) groups is 5. The maximum absolute atomic E-state index is 14.4. The van der Waals surface area contributed by atoms with E-state index in [1.54, 1.807) is 49.4 Å². The number of amides is 6. The molecule has 0 aromatic heterocycles. The maximum Gasteiger partial charge on any atom is 0.328 e. The van der Waals surface area contributed by atoms with Crippen LogP contribution in [0.4, 0.5) is 10.5 Å². The number of carbonyl (C=O) groups excluding carboxylic acids is 5. The van der Waals surface area contributed by atoms with Crippen LogP contribution in [0.25, 0.3) is 0 Å². The van der Waals surface area contributed by atoms with Gasteiger partial charge in [0.1, 0.15) is 18.1 Å². The SMILES string of the molecule is CC12C(=O)N(c3ccccc3)C(=O)C1CC1C(=CCC3C(=O)N(C(N)=O)C(=O)C31)C2c1ccc(OCc2ccccc2)cc1O. The van der Waals surface area contributed by atoms with E-state index in [4.69, 9.17) is 10.5 Å². The van der Waals surface area contributed by atoms with Gasteiger partial charge in [-0.05, 0) is 49.4 Å². The van der Waals surface area contributed by atoms with Crippen LogP contribution in [0, 0.1) is 29.1 Å². The van der Waals surface area contributed by atoms with Gasteiger partial charge in [-0.3, -0.25) is 19.2 Å². The molecule has 2 saturated heterocycles. The number of nitrogens with two attached hydrogens (primary N) is 1. The number of para-hydroxylation sites is 1. The highest BCUT2D eigenvalue weighted by molar-refractivity contribution is 6.24. The number of fused-ring (bicyclic) bond motifs is 4. The normalized spacial score (nSPS) is 28.8. The number of anilines is 1. The lowest BCUT2D eigenvalue weighted by molar-refractivity contribution is -0.136. The first-order valence-electron chi connectivity index (χ1n) is 14.9. The fraction of sp³-hybridized carbons (Fsp3) is 0.286. The molecular weight excluding hydrogens is 574 g/mol. The second kappa shape index (κ2) is 10.4. The number of hydrogen-bond donors (Lipinski definition) is 2. The van der Waals surface area contributed by atoms with Crippen LogP contribution < -0.4 is 15.4 Å². The summed E-state index contributed by atoms with van der Waals surface area (Å²) in [5, 5.41) is 11.5. The van der Waals surface area contributed by atoms with Crippen molar-refractivity contribution >= 4 is 35.3 Å². The molecule has 7 rings (SSSR count). The summed E-state index contributed by atoms with van der Waals surface area (Å²) in [6, 6.07) is 22.0. The molecule has 10 heteroatoms. The Labute approximate surface area is 259 Å². The fourth-order valence-electron chi connectivity index (χ4n) is 8.00. The molecule has 2 aliphatic carbocycles. The standard InChI is InChI=1S/C35H31N3O7/c1-35-26(31(41)37(33(35)43)20-10-6-3-7-11-20)17-25-22(14-15-24-28(25)32(42)38(30(24)40)34(36)44)29(35)23-13-12-21(16-27(23)39)45-18-19-8-4-2-5-9-19/h2-14,16,24-26,28-29,39H,15,17-18H2,1H3,(H2,36,44). The number of nitrogens with zero attached hydrogens (tertiary/aromatic N) is 2. The molecule has 45 heavy (non-hydrogen) atoms. The van der Waals surface area contributed by atoms with Crippen molar-refractivity contribution in [3.63, 3.8) is 0 Å². The summed E-state index contributed by atoms with van der Waals surface area (Å²) >= 11 is 0. The zero-order valence-electron chi connectivity index (χ0n) is 24.5. The van der Waals surface area contributed by atoms with Gasteiger partial charge in [0.2, 0.25) is 23.6 Å². The molecule has 2 heterocycles. The highest BCUT2D eigenvalue weighted by Crippen LogP contribution is 2.64. The van der Waals surface area contributed by atoms with Crippen LogP contribution >= 0.6 is 0 Å². The minimum absolute atomic E-state index is 0.124. The fourth-order valence-corrected chi connectivity index (χ4v) is 8.00. The smallest absolute Gasteiger partial charge is 0.328 e. The van der Waals surface area contributed by atoms with Crippen molar-refractivity contribution in [3.8, 4) is 11.5 Å². The summed E-state index contributed by atoms with van der Waals surface area (Å²) in [5.41, 5.74) is 6.57. The number of benzene rings is 3. The Balaban J connectivity index is 1.33. The number of phenolic OH excluding ortho intramolecular Hbond substituents is 1. The van der Waals surface area contributed by atoms with Crippen LogP contribution in [0.15, 0.2) is 90.5 Å². The predicted octanol–water partition coefficient (Wildman–Crippen LogP) is 4.28. The number of likely N-dealkylation sites (tertiary alicyclic amines) is 1. The van der Waals surface area contributed by atoms with E-state index in [1.807, 2.05) is 36.4 Å². The molecule has 3 N–H and O–H groups in total. The summed E-state index contributed by atoms with van der Waals surface area (Å²) in [4.78, 5) is 69.0. The molecule has 10 nitrogen and oxygen atoms in total. The van der Waals surface area contributed by atoms with Crippen molar-refractivity contribution in [2.75, 3.05) is 4.90 Å². The zero-order valence-corrected chi connectivity index (χ0v) is 24.5. The highest BCUT2D eigenvalue weighted by Gasteiger charge is 2.68. The molecule has 3 fully saturated rings. The van der Waals surface area contributed by atoms with Gasteiger partial charge in [-0.25, -0.2) is 9.69 Å². The summed E-state index contributed by atoms with van der Waals surface area (Å²) < 4.78 is 5.93. The third-order valence-corrected chi connectivity index (χ3v) is 10.1. The Morgan fingerprint density at radius 1 is 0.933 bits per heavy atom. The van der Waals surface area contributed by atoms with Crippen molar-refractivity contribution in [2.24, 2.45) is 34.8 Å². The van der Waals surface area contributed by atoms with Crippen LogP contribution in [0.5, 0.6) is 11.5 Å².